The number of benzene rings is 1. The first-order chi connectivity index (χ1) is 9.82. The lowest BCUT2D eigenvalue weighted by Crippen LogP contribution is -2.37. The van der Waals surface area contributed by atoms with Crippen LogP contribution in [-0.4, -0.2) is 25.5 Å². The van der Waals surface area contributed by atoms with Crippen molar-refractivity contribution < 1.29 is 13.2 Å². The van der Waals surface area contributed by atoms with Crippen LogP contribution < -0.4 is 9.62 Å². The number of anilines is 2. The van der Waals surface area contributed by atoms with Gasteiger partial charge in [0.2, 0.25) is 15.9 Å². The molecule has 1 aromatic carbocycles. The summed E-state index contributed by atoms with van der Waals surface area (Å²) in [4.78, 5) is 13.9. The summed E-state index contributed by atoms with van der Waals surface area (Å²) in [6, 6.07) is 5.33. The van der Waals surface area contributed by atoms with Crippen molar-refractivity contribution >= 4 is 43.2 Å². The van der Waals surface area contributed by atoms with Crippen molar-refractivity contribution in [2.75, 3.05) is 20.8 Å². The number of rotatable bonds is 5. The highest BCUT2D eigenvalue weighted by Crippen LogP contribution is 2.31. The van der Waals surface area contributed by atoms with Gasteiger partial charge in [-0.1, -0.05) is 29.8 Å². The summed E-state index contributed by atoms with van der Waals surface area (Å²) in [6.07, 6.45) is 1.11. The summed E-state index contributed by atoms with van der Waals surface area (Å²) in [5.41, 5.74) is 2.43. The minimum Gasteiger partial charge on any atom is -0.312 e. The maximum atomic E-state index is 12.1. The molecule has 0 fully saturated rings. The molecule has 21 heavy (non-hydrogen) atoms. The van der Waals surface area contributed by atoms with Gasteiger partial charge in [0.1, 0.15) is 4.66 Å². The number of fused-ring (bicyclic) bond motifs is 1. The summed E-state index contributed by atoms with van der Waals surface area (Å²) < 4.78 is 25.5. The van der Waals surface area contributed by atoms with Crippen LogP contribution in [0.2, 0.25) is 0 Å². The zero-order valence-electron chi connectivity index (χ0n) is 12.1. The normalized spacial score (nSPS) is 15.2. The number of aryl methyl sites for hydroxylation is 1. The number of halogens is 1. The molecule has 0 unspecified atom stereocenters. The number of amides is 1. The molecule has 0 spiro atoms. The maximum Gasteiger partial charge on any atom is 0.242 e. The Morgan fingerprint density at radius 2 is 2.05 bits per heavy atom. The molecule has 0 bridgehead atoms. The lowest BCUT2D eigenvalue weighted by molar-refractivity contribution is -0.119. The molecule has 1 aliphatic heterocycles. The highest BCUT2D eigenvalue weighted by Gasteiger charge is 2.25. The molecule has 0 aliphatic carbocycles. The van der Waals surface area contributed by atoms with Gasteiger partial charge in [-0.15, -0.1) is 0 Å². The molecular formula is C14H19BrN2O3S. The molecule has 0 radical (unpaired) electrons. The van der Waals surface area contributed by atoms with Crippen molar-refractivity contribution in [3.05, 3.63) is 23.8 Å². The second-order valence-corrected chi connectivity index (χ2v) is 8.59. The van der Waals surface area contributed by atoms with E-state index in [1.54, 1.807) is 11.0 Å². The highest BCUT2D eigenvalue weighted by molar-refractivity contribution is 9.10. The third-order valence-corrected chi connectivity index (χ3v) is 5.89. The Labute approximate surface area is 133 Å². The Morgan fingerprint density at radius 3 is 2.67 bits per heavy atom. The van der Waals surface area contributed by atoms with Gasteiger partial charge in [0.25, 0.3) is 0 Å². The van der Waals surface area contributed by atoms with Crippen LogP contribution in [0.4, 0.5) is 11.4 Å². The third kappa shape index (κ3) is 3.97. The Kier molecular flexibility index (Phi) is 4.93. The molecular weight excluding hydrogens is 356 g/mol. The quantitative estimate of drug-likeness (QED) is 0.805. The van der Waals surface area contributed by atoms with Crippen molar-refractivity contribution in [1.82, 2.24) is 0 Å². The van der Waals surface area contributed by atoms with E-state index in [1.807, 2.05) is 12.1 Å². The smallest absolute Gasteiger partial charge is 0.242 e. The van der Waals surface area contributed by atoms with Crippen molar-refractivity contribution in [3.8, 4) is 0 Å². The molecule has 1 aromatic rings. The highest BCUT2D eigenvalue weighted by atomic mass is 79.9. The Hall–Kier alpha value is -1.08. The summed E-state index contributed by atoms with van der Waals surface area (Å²) >= 11 is 2.94. The number of carbonyl (C=O) groups is 1. The van der Waals surface area contributed by atoms with Gasteiger partial charge >= 0.3 is 0 Å². The molecule has 0 saturated carbocycles. The molecule has 116 valence electrons. The standard InChI is InChI=1S/C14H19BrN2O3S/c1-10(2)8-17-13-5-4-12(16-21(19,20)9-15)7-11(13)3-6-14(17)18/h4-5,7,10,16H,3,6,8-9H2,1-2H3. The first-order valence-corrected chi connectivity index (χ1v) is 9.59. The van der Waals surface area contributed by atoms with E-state index >= 15 is 0 Å². The monoisotopic (exact) mass is 374 g/mol. The number of nitrogens with zero attached hydrogens (tertiary/aromatic N) is 1. The number of carbonyl (C=O) groups excluding carboxylic acids is 1. The summed E-state index contributed by atoms with van der Waals surface area (Å²) in [5.74, 6) is 0.511. The van der Waals surface area contributed by atoms with Crippen LogP contribution >= 0.6 is 15.9 Å². The molecule has 0 atom stereocenters. The van der Waals surface area contributed by atoms with Crippen LogP contribution in [-0.2, 0) is 21.2 Å². The van der Waals surface area contributed by atoms with Crippen LogP contribution in [0.15, 0.2) is 18.2 Å². The van der Waals surface area contributed by atoms with Gasteiger partial charge in [0, 0.05) is 24.3 Å². The van der Waals surface area contributed by atoms with Gasteiger partial charge in [-0.05, 0) is 36.1 Å². The fraction of sp³-hybridized carbons (Fsp3) is 0.500. The molecule has 7 heteroatoms. The number of sulfonamides is 1. The minimum atomic E-state index is -3.36. The van der Waals surface area contributed by atoms with Crippen LogP contribution in [0.5, 0.6) is 0 Å². The second kappa shape index (κ2) is 6.36. The fourth-order valence-electron chi connectivity index (χ4n) is 2.40. The van der Waals surface area contributed by atoms with E-state index in [0.29, 0.717) is 31.0 Å². The lowest BCUT2D eigenvalue weighted by Gasteiger charge is -2.31. The van der Waals surface area contributed by atoms with Crippen molar-refractivity contribution in [3.63, 3.8) is 0 Å². The van der Waals surface area contributed by atoms with Crippen LogP contribution in [0.1, 0.15) is 25.8 Å². The third-order valence-electron chi connectivity index (χ3n) is 3.24. The van der Waals surface area contributed by atoms with Crippen LogP contribution in [0.3, 0.4) is 0 Å². The van der Waals surface area contributed by atoms with Gasteiger partial charge in [0.05, 0.1) is 0 Å². The van der Waals surface area contributed by atoms with Gasteiger partial charge < -0.3 is 4.90 Å². The predicted octanol–water partition coefficient (Wildman–Crippen LogP) is 2.72. The molecule has 1 aliphatic rings. The van der Waals surface area contributed by atoms with E-state index in [4.69, 9.17) is 0 Å². The van der Waals surface area contributed by atoms with Crippen LogP contribution in [0, 0.1) is 5.92 Å². The molecule has 0 saturated heterocycles. The maximum absolute atomic E-state index is 12.1. The van der Waals surface area contributed by atoms with Gasteiger partial charge in [0.15, 0.2) is 0 Å². The van der Waals surface area contributed by atoms with E-state index < -0.39 is 10.0 Å². The lowest BCUT2D eigenvalue weighted by atomic mass is 9.99. The zero-order valence-corrected chi connectivity index (χ0v) is 14.5. The first kappa shape index (κ1) is 16.3. The Balaban J connectivity index is 2.30. The van der Waals surface area contributed by atoms with Crippen LogP contribution in [0.25, 0.3) is 0 Å². The van der Waals surface area contributed by atoms with Gasteiger partial charge in [-0.2, -0.15) is 0 Å². The Bertz CT molecular complexity index is 644. The first-order valence-electron chi connectivity index (χ1n) is 6.82. The topological polar surface area (TPSA) is 66.5 Å². The summed E-state index contributed by atoms with van der Waals surface area (Å²) in [6.45, 7) is 4.82. The molecule has 5 nitrogen and oxygen atoms in total. The second-order valence-electron chi connectivity index (χ2n) is 5.57. The van der Waals surface area contributed by atoms with Crippen molar-refractivity contribution in [1.29, 1.82) is 0 Å². The predicted molar refractivity (Wildman–Crippen MR) is 88.3 cm³/mol. The largest absolute Gasteiger partial charge is 0.312 e. The van der Waals surface area contributed by atoms with E-state index in [0.717, 1.165) is 11.3 Å². The van der Waals surface area contributed by atoms with Gasteiger partial charge in [-0.25, -0.2) is 8.42 Å². The molecule has 1 N–H and O–H groups in total. The molecule has 1 amide bonds. The van der Waals surface area contributed by atoms with E-state index in [-0.39, 0.29) is 10.6 Å². The van der Waals surface area contributed by atoms with Crippen molar-refractivity contribution in [2.45, 2.75) is 26.7 Å². The van der Waals surface area contributed by atoms with E-state index in [9.17, 15) is 13.2 Å². The number of nitrogens with one attached hydrogen (secondary N) is 1. The minimum absolute atomic E-state index is 0.130. The fourth-order valence-corrected chi connectivity index (χ4v) is 3.28. The molecule has 0 aromatic heterocycles. The van der Waals surface area contributed by atoms with Gasteiger partial charge in [-0.3, -0.25) is 9.52 Å². The molecule has 1 heterocycles. The number of hydrogen-bond acceptors (Lipinski definition) is 3. The average Bonchev–Trinajstić information content (AvgIpc) is 2.41. The van der Waals surface area contributed by atoms with Crippen molar-refractivity contribution in [2.24, 2.45) is 5.92 Å². The summed E-state index contributed by atoms with van der Waals surface area (Å²) in [5, 5.41) is 0. The van der Waals surface area contributed by atoms with E-state index in [1.165, 1.54) is 0 Å². The van der Waals surface area contributed by atoms with E-state index in [2.05, 4.69) is 34.5 Å². The number of alkyl halides is 1. The zero-order chi connectivity index (χ0) is 15.6. The Morgan fingerprint density at radius 1 is 1.33 bits per heavy atom. The SMILES string of the molecule is CC(C)CN1C(=O)CCc2cc(NS(=O)(=O)CBr)ccc21. The number of hydrogen-bond donors (Lipinski definition) is 1. The molecule has 2 rings (SSSR count). The average molecular weight is 375 g/mol. The summed E-state index contributed by atoms with van der Waals surface area (Å²) in [7, 11) is -3.36.